The average molecular weight is 405 g/mol. The van der Waals surface area contributed by atoms with Crippen molar-refractivity contribution in [3.63, 3.8) is 0 Å². The Balaban J connectivity index is 1.50. The van der Waals surface area contributed by atoms with Crippen LogP contribution in [0.25, 0.3) is 17.0 Å². The molecule has 0 saturated carbocycles. The van der Waals surface area contributed by atoms with E-state index in [2.05, 4.69) is 20.8 Å². The summed E-state index contributed by atoms with van der Waals surface area (Å²) in [6.45, 7) is 3.83. The van der Waals surface area contributed by atoms with Crippen LogP contribution in [0.15, 0.2) is 70.2 Å². The summed E-state index contributed by atoms with van der Waals surface area (Å²) >= 11 is 1.56. The van der Waals surface area contributed by atoms with E-state index in [1.807, 2.05) is 61.5 Å². The van der Waals surface area contributed by atoms with Crippen LogP contribution in [0.4, 0.5) is 5.69 Å². The first-order valence-corrected chi connectivity index (χ1v) is 10.1. The van der Waals surface area contributed by atoms with Gasteiger partial charge >= 0.3 is 0 Å². The topological polar surface area (TPSA) is 85.8 Å². The molecule has 4 aromatic rings. The number of nitrogens with one attached hydrogen (secondary N) is 1. The molecule has 0 aliphatic rings. The number of hydrogen-bond donors (Lipinski definition) is 1. The van der Waals surface area contributed by atoms with Crippen molar-refractivity contribution in [2.45, 2.75) is 19.0 Å². The highest BCUT2D eigenvalue weighted by Crippen LogP contribution is 2.26. The van der Waals surface area contributed by atoms with E-state index in [0.717, 1.165) is 22.2 Å². The first-order valence-electron chi connectivity index (χ1n) is 9.14. The number of hydrogen-bond acceptors (Lipinski definition) is 6. The van der Waals surface area contributed by atoms with E-state index < -0.39 is 0 Å². The minimum absolute atomic E-state index is 0.217. The molecule has 0 saturated heterocycles. The molecule has 146 valence electrons. The van der Waals surface area contributed by atoms with Crippen molar-refractivity contribution in [2.75, 3.05) is 11.1 Å². The van der Waals surface area contributed by atoms with Gasteiger partial charge in [0.1, 0.15) is 11.5 Å². The van der Waals surface area contributed by atoms with E-state index in [-0.39, 0.29) is 5.91 Å². The van der Waals surface area contributed by atoms with Crippen LogP contribution in [0, 0.1) is 6.92 Å². The summed E-state index contributed by atoms with van der Waals surface area (Å²) in [5.41, 5.74) is 2.95. The molecule has 4 rings (SSSR count). The zero-order valence-electron chi connectivity index (χ0n) is 16.0. The summed E-state index contributed by atoms with van der Waals surface area (Å²) < 4.78 is 7.45. The maximum Gasteiger partial charge on any atom is 0.259 e. The molecule has 2 aromatic heterocycles. The fourth-order valence-corrected chi connectivity index (χ4v) is 3.51. The van der Waals surface area contributed by atoms with Crippen LogP contribution >= 0.6 is 11.8 Å². The Morgan fingerprint density at radius 3 is 2.62 bits per heavy atom. The third kappa shape index (κ3) is 4.07. The van der Waals surface area contributed by atoms with Crippen molar-refractivity contribution in [2.24, 2.45) is 0 Å². The van der Waals surface area contributed by atoms with Gasteiger partial charge in [-0.2, -0.15) is 4.68 Å². The third-order valence-electron chi connectivity index (χ3n) is 4.30. The lowest BCUT2D eigenvalue weighted by Gasteiger charge is -2.07. The Labute approximate surface area is 172 Å². The van der Waals surface area contributed by atoms with Gasteiger partial charge in [0.2, 0.25) is 5.16 Å². The molecule has 8 heteroatoms. The number of anilines is 1. The summed E-state index contributed by atoms with van der Waals surface area (Å²) in [4.78, 5) is 12.7. The molecule has 2 heterocycles. The van der Waals surface area contributed by atoms with Crippen LogP contribution < -0.4 is 5.32 Å². The Morgan fingerprint density at radius 2 is 1.90 bits per heavy atom. The number of tetrazole rings is 1. The second kappa shape index (κ2) is 8.32. The predicted molar refractivity (Wildman–Crippen MR) is 112 cm³/mol. The Morgan fingerprint density at radius 1 is 1.14 bits per heavy atom. The van der Waals surface area contributed by atoms with E-state index in [0.29, 0.717) is 22.8 Å². The number of aryl methyl sites for hydroxylation is 1. The highest BCUT2D eigenvalue weighted by Gasteiger charge is 2.16. The van der Waals surface area contributed by atoms with Gasteiger partial charge in [0.15, 0.2) is 0 Å². The molecule has 0 spiro atoms. The zero-order valence-corrected chi connectivity index (χ0v) is 16.8. The molecule has 0 aliphatic heterocycles. The van der Waals surface area contributed by atoms with Crippen molar-refractivity contribution in [1.29, 1.82) is 0 Å². The Bertz CT molecular complexity index is 1120. The number of nitrogens with zero attached hydrogens (tertiary/aromatic N) is 4. The van der Waals surface area contributed by atoms with Crippen LogP contribution in [-0.4, -0.2) is 31.9 Å². The van der Waals surface area contributed by atoms with Gasteiger partial charge in [0.25, 0.3) is 5.91 Å². The van der Waals surface area contributed by atoms with Crippen molar-refractivity contribution in [1.82, 2.24) is 20.2 Å². The number of carbonyl (C=O) groups is 1. The average Bonchev–Trinajstić information content (AvgIpc) is 3.36. The lowest BCUT2D eigenvalue weighted by atomic mass is 10.1. The van der Waals surface area contributed by atoms with E-state index >= 15 is 0 Å². The number of furan rings is 1. The fraction of sp³-hybridized carbons (Fsp3) is 0.143. The van der Waals surface area contributed by atoms with Crippen molar-refractivity contribution in [3.8, 4) is 17.0 Å². The minimum Gasteiger partial charge on any atom is -0.461 e. The summed E-state index contributed by atoms with van der Waals surface area (Å²) in [5.74, 6) is 1.91. The maximum absolute atomic E-state index is 12.7. The second-order valence-electron chi connectivity index (χ2n) is 6.25. The zero-order chi connectivity index (χ0) is 20.2. The molecule has 1 N–H and O–H groups in total. The van der Waals surface area contributed by atoms with E-state index in [9.17, 15) is 4.79 Å². The van der Waals surface area contributed by atoms with Crippen molar-refractivity contribution < 1.29 is 9.21 Å². The van der Waals surface area contributed by atoms with Gasteiger partial charge in [-0.15, -0.1) is 5.10 Å². The van der Waals surface area contributed by atoms with E-state index in [1.54, 1.807) is 29.4 Å². The van der Waals surface area contributed by atoms with Crippen LogP contribution in [0.1, 0.15) is 23.0 Å². The number of aromatic nitrogens is 4. The standard InChI is InChI=1S/C21H19N5O2S/c1-3-29-21-23-24-25-26(21)17-11-9-16(10-12-17)22-20(27)18-13-19(28-14(18)2)15-7-5-4-6-8-15/h4-13H,3H2,1-2H3,(H,22,27). The highest BCUT2D eigenvalue weighted by molar-refractivity contribution is 7.99. The van der Waals surface area contributed by atoms with Crippen molar-refractivity contribution in [3.05, 3.63) is 72.0 Å². The van der Waals surface area contributed by atoms with E-state index in [1.165, 1.54) is 0 Å². The maximum atomic E-state index is 12.7. The number of thioether (sulfide) groups is 1. The van der Waals surface area contributed by atoms with Gasteiger partial charge in [-0.25, -0.2) is 0 Å². The SMILES string of the molecule is CCSc1nnnn1-c1ccc(NC(=O)c2cc(-c3ccccc3)oc2C)cc1. The molecule has 0 aliphatic carbocycles. The second-order valence-corrected chi connectivity index (χ2v) is 7.48. The normalized spacial score (nSPS) is 10.8. The van der Waals surface area contributed by atoms with Crippen molar-refractivity contribution >= 4 is 23.4 Å². The smallest absolute Gasteiger partial charge is 0.259 e. The monoisotopic (exact) mass is 405 g/mol. The van der Waals surface area contributed by atoms with Gasteiger partial charge in [-0.1, -0.05) is 49.0 Å². The Hall–Kier alpha value is -3.39. The lowest BCUT2D eigenvalue weighted by Crippen LogP contribution is -2.12. The van der Waals surface area contributed by atoms with Gasteiger partial charge in [-0.3, -0.25) is 4.79 Å². The van der Waals surface area contributed by atoms with E-state index in [4.69, 9.17) is 4.42 Å². The molecule has 0 unspecified atom stereocenters. The molecular formula is C21H19N5O2S. The van der Waals surface area contributed by atoms with Crippen LogP contribution in [-0.2, 0) is 0 Å². The molecular weight excluding hydrogens is 386 g/mol. The first-order chi connectivity index (χ1) is 14.2. The summed E-state index contributed by atoms with van der Waals surface area (Å²) in [6, 6.07) is 18.8. The van der Waals surface area contributed by atoms with Gasteiger partial charge in [0.05, 0.1) is 11.3 Å². The quantitative estimate of drug-likeness (QED) is 0.472. The van der Waals surface area contributed by atoms with Gasteiger partial charge in [0, 0.05) is 11.3 Å². The molecule has 0 fully saturated rings. The lowest BCUT2D eigenvalue weighted by molar-refractivity contribution is 0.102. The number of benzene rings is 2. The predicted octanol–water partition coefficient (Wildman–Crippen LogP) is 4.60. The number of carbonyl (C=O) groups excluding carboxylic acids is 1. The molecule has 29 heavy (non-hydrogen) atoms. The summed E-state index contributed by atoms with van der Waals surface area (Å²) in [5, 5.41) is 15.4. The molecule has 2 aromatic carbocycles. The summed E-state index contributed by atoms with van der Waals surface area (Å²) in [6.07, 6.45) is 0. The fourth-order valence-electron chi connectivity index (χ4n) is 2.90. The van der Waals surface area contributed by atoms with Crippen LogP contribution in [0.2, 0.25) is 0 Å². The van der Waals surface area contributed by atoms with Crippen LogP contribution in [0.3, 0.4) is 0 Å². The van der Waals surface area contributed by atoms with Crippen LogP contribution in [0.5, 0.6) is 0 Å². The van der Waals surface area contributed by atoms with Gasteiger partial charge in [-0.05, 0) is 53.4 Å². The third-order valence-corrected chi connectivity index (χ3v) is 5.11. The number of amides is 1. The molecule has 7 nitrogen and oxygen atoms in total. The highest BCUT2D eigenvalue weighted by atomic mass is 32.2. The first kappa shape index (κ1) is 18.9. The van der Waals surface area contributed by atoms with Gasteiger partial charge < -0.3 is 9.73 Å². The Kier molecular flexibility index (Phi) is 5.44. The molecule has 1 amide bonds. The number of rotatable bonds is 6. The molecule has 0 radical (unpaired) electrons. The minimum atomic E-state index is -0.217. The molecule has 0 atom stereocenters. The molecule has 0 bridgehead atoms. The largest absolute Gasteiger partial charge is 0.461 e. The summed E-state index contributed by atoms with van der Waals surface area (Å²) in [7, 11) is 0.